The minimum Gasteiger partial charge on any atom is -0.355 e. The molecule has 0 aliphatic rings. The van der Waals surface area contributed by atoms with Gasteiger partial charge in [-0.3, -0.25) is 23.5 Å². The summed E-state index contributed by atoms with van der Waals surface area (Å²) in [4.78, 5) is 52.4. The lowest BCUT2D eigenvalue weighted by molar-refractivity contribution is -0.129. The quantitative estimate of drug-likeness (QED) is 0.145. The monoisotopic (exact) mass is 698 g/mol. The highest BCUT2D eigenvalue weighted by Crippen LogP contribution is 2.22. The molecule has 0 saturated carbocycles. The first-order valence-electron chi connectivity index (χ1n) is 15.8. The van der Waals surface area contributed by atoms with Crippen LogP contribution in [-0.4, -0.2) is 76.6 Å². The minimum absolute atomic E-state index is 0.0920. The third kappa shape index (κ3) is 11.2. The summed E-state index contributed by atoms with van der Waals surface area (Å²) in [7, 11) is -2.36. The van der Waals surface area contributed by atoms with Crippen LogP contribution >= 0.6 is 11.3 Å². The van der Waals surface area contributed by atoms with Crippen molar-refractivity contribution in [3.05, 3.63) is 87.6 Å². The molecule has 14 heteroatoms. The van der Waals surface area contributed by atoms with Gasteiger partial charge in [-0.1, -0.05) is 37.3 Å². The number of benzene rings is 2. The summed E-state index contributed by atoms with van der Waals surface area (Å²) in [5.74, 6) is -1.61. The first kappa shape index (κ1) is 38.2. The average Bonchev–Trinajstić information content (AvgIpc) is 3.58. The van der Waals surface area contributed by atoms with Crippen LogP contribution in [0, 0.1) is 0 Å². The number of carbonyl (C=O) groups excluding carboxylic acids is 4. The van der Waals surface area contributed by atoms with E-state index in [4.69, 9.17) is 0 Å². The van der Waals surface area contributed by atoms with Gasteiger partial charge < -0.3 is 26.6 Å². The maximum Gasteiger partial charge on any atom is 0.251 e. The van der Waals surface area contributed by atoms with Crippen LogP contribution in [-0.2, 0) is 26.0 Å². The Labute approximate surface area is 287 Å². The van der Waals surface area contributed by atoms with E-state index >= 15 is 0 Å². The summed E-state index contributed by atoms with van der Waals surface area (Å²) >= 11 is 1.52. The number of nitrogens with zero attached hydrogens (tertiary/aromatic N) is 1. The highest BCUT2D eigenvalue weighted by Gasteiger charge is 2.24. The van der Waals surface area contributed by atoms with E-state index in [0.29, 0.717) is 19.4 Å². The van der Waals surface area contributed by atoms with E-state index in [1.54, 1.807) is 13.8 Å². The van der Waals surface area contributed by atoms with Crippen molar-refractivity contribution in [1.82, 2.24) is 26.6 Å². The molecule has 3 rings (SSSR count). The van der Waals surface area contributed by atoms with Crippen LogP contribution in [0.4, 0.5) is 5.69 Å². The second kappa shape index (κ2) is 17.8. The van der Waals surface area contributed by atoms with Gasteiger partial charge in [0.15, 0.2) is 0 Å². The van der Waals surface area contributed by atoms with E-state index in [2.05, 4.69) is 26.6 Å². The molecule has 2 aromatic carbocycles. The molecule has 260 valence electrons. The first-order valence-corrected chi connectivity index (χ1v) is 18.6. The Hall–Kier alpha value is -4.27. The van der Waals surface area contributed by atoms with Crippen molar-refractivity contribution in [2.45, 2.75) is 64.7 Å². The number of amides is 4. The number of anilines is 1. The van der Waals surface area contributed by atoms with Gasteiger partial charge in [-0.2, -0.15) is 11.3 Å². The van der Waals surface area contributed by atoms with Crippen molar-refractivity contribution in [1.29, 1.82) is 0 Å². The number of thiophene rings is 1. The van der Waals surface area contributed by atoms with Gasteiger partial charge in [0, 0.05) is 37.3 Å². The predicted molar refractivity (Wildman–Crippen MR) is 190 cm³/mol. The van der Waals surface area contributed by atoms with Gasteiger partial charge in [0.05, 0.1) is 24.0 Å². The number of carbonyl (C=O) groups is 4. The van der Waals surface area contributed by atoms with Crippen LogP contribution in [0.2, 0.25) is 0 Å². The Balaban J connectivity index is 1.83. The summed E-state index contributed by atoms with van der Waals surface area (Å²) in [6.45, 7) is 7.79. The number of nitrogens with one attached hydrogen (secondary N) is 5. The van der Waals surface area contributed by atoms with Crippen LogP contribution in [0.1, 0.15) is 72.0 Å². The van der Waals surface area contributed by atoms with Gasteiger partial charge in [-0.15, -0.1) is 0 Å². The molecular formula is C34H46N6O6S2. The predicted octanol–water partition coefficient (Wildman–Crippen LogP) is 2.99. The van der Waals surface area contributed by atoms with Crippen LogP contribution in [0.3, 0.4) is 0 Å². The molecule has 5 N–H and O–H groups in total. The Morgan fingerprint density at radius 2 is 1.52 bits per heavy atom. The fourth-order valence-electron chi connectivity index (χ4n) is 4.85. The molecule has 12 nitrogen and oxygen atoms in total. The van der Waals surface area contributed by atoms with E-state index < -0.39 is 40.0 Å². The number of rotatable bonds is 17. The molecule has 1 aromatic heterocycles. The zero-order valence-electron chi connectivity index (χ0n) is 28.2. The molecule has 1 heterocycles. The summed E-state index contributed by atoms with van der Waals surface area (Å²) in [5.41, 5.74) is 2.22. The third-order valence-corrected chi connectivity index (χ3v) is 9.74. The molecule has 0 radical (unpaired) electrons. The fourth-order valence-corrected chi connectivity index (χ4v) is 6.02. The Morgan fingerprint density at radius 3 is 2.08 bits per heavy atom. The lowest BCUT2D eigenvalue weighted by atomic mass is 10.0. The molecule has 0 bridgehead atoms. The van der Waals surface area contributed by atoms with E-state index in [9.17, 15) is 27.6 Å². The topological polar surface area (TPSA) is 166 Å². The van der Waals surface area contributed by atoms with E-state index in [-0.39, 0.29) is 41.2 Å². The maximum atomic E-state index is 13.8. The molecule has 3 aromatic rings. The van der Waals surface area contributed by atoms with E-state index in [1.807, 2.05) is 61.0 Å². The standard InChI is InChI=1S/C34H46N6O6S2/c1-7-30(34(44)35-8-2)39-31(41)23(4)36-20-28(16-24-14-15-47-21-24)38-33(43)27-17-26(18-29(19-27)40(5)48(6,45)46)32(42)37-22(3)25-12-10-9-11-13-25/h9-15,17-19,21-23,28,30,36H,7-8,16,20H2,1-6H3,(H,35,44)(H,37,42)(H,38,43)(H,39,41)/t22-,23+,28+,30+/m1/s1. The summed E-state index contributed by atoms with van der Waals surface area (Å²) in [6, 6.07) is 13.4. The van der Waals surface area contributed by atoms with E-state index in [0.717, 1.165) is 21.7 Å². The fraction of sp³-hybridized carbons (Fsp3) is 0.412. The summed E-state index contributed by atoms with van der Waals surface area (Å²) in [5, 5.41) is 18.5. The van der Waals surface area contributed by atoms with Gasteiger partial charge in [0.1, 0.15) is 6.04 Å². The number of hydrogen-bond acceptors (Lipinski definition) is 8. The van der Waals surface area contributed by atoms with Crippen LogP contribution < -0.4 is 30.9 Å². The molecule has 48 heavy (non-hydrogen) atoms. The highest BCUT2D eigenvalue weighted by atomic mass is 32.2. The number of likely N-dealkylation sites (N-methyl/N-ethyl adjacent to an activating group) is 1. The largest absolute Gasteiger partial charge is 0.355 e. The van der Waals surface area contributed by atoms with Crippen LogP contribution in [0.5, 0.6) is 0 Å². The van der Waals surface area contributed by atoms with E-state index in [1.165, 1.54) is 36.6 Å². The lowest BCUT2D eigenvalue weighted by Gasteiger charge is -2.24. The van der Waals surface area contributed by atoms with Crippen molar-refractivity contribution in [3.8, 4) is 0 Å². The second-order valence-electron chi connectivity index (χ2n) is 11.6. The van der Waals surface area contributed by atoms with Crippen molar-refractivity contribution in [2.75, 3.05) is 30.7 Å². The summed E-state index contributed by atoms with van der Waals surface area (Å²) in [6.07, 6.45) is 1.91. The van der Waals surface area contributed by atoms with Crippen LogP contribution in [0.15, 0.2) is 65.4 Å². The minimum atomic E-state index is -3.71. The Kier molecular flexibility index (Phi) is 14.1. The molecule has 0 spiro atoms. The molecule has 0 aliphatic carbocycles. The molecule has 4 amide bonds. The second-order valence-corrected chi connectivity index (χ2v) is 14.4. The zero-order chi connectivity index (χ0) is 35.4. The average molecular weight is 699 g/mol. The van der Waals surface area contributed by atoms with Crippen molar-refractivity contribution >= 4 is 50.7 Å². The van der Waals surface area contributed by atoms with Crippen molar-refractivity contribution in [2.24, 2.45) is 0 Å². The summed E-state index contributed by atoms with van der Waals surface area (Å²) < 4.78 is 25.9. The Bertz CT molecular complexity index is 1650. The zero-order valence-corrected chi connectivity index (χ0v) is 29.8. The van der Waals surface area contributed by atoms with Crippen molar-refractivity contribution < 1.29 is 27.6 Å². The van der Waals surface area contributed by atoms with Crippen molar-refractivity contribution in [3.63, 3.8) is 0 Å². The third-order valence-electron chi connectivity index (χ3n) is 7.80. The smallest absolute Gasteiger partial charge is 0.251 e. The van der Waals surface area contributed by atoms with Gasteiger partial charge in [0.25, 0.3) is 11.8 Å². The molecule has 4 atom stereocenters. The molecule has 0 fully saturated rings. The van der Waals surface area contributed by atoms with Crippen LogP contribution in [0.25, 0.3) is 0 Å². The molecule has 0 saturated heterocycles. The Morgan fingerprint density at radius 1 is 0.875 bits per heavy atom. The molecule has 0 aliphatic heterocycles. The lowest BCUT2D eigenvalue weighted by Crippen LogP contribution is -2.53. The normalized spacial score (nSPS) is 13.8. The van der Waals surface area contributed by atoms with Gasteiger partial charge in [-0.25, -0.2) is 8.42 Å². The van der Waals surface area contributed by atoms with Gasteiger partial charge in [0.2, 0.25) is 21.8 Å². The number of hydrogen-bond donors (Lipinski definition) is 5. The van der Waals surface area contributed by atoms with Gasteiger partial charge >= 0.3 is 0 Å². The molecule has 0 unspecified atom stereocenters. The SMILES string of the molecule is CCNC(=O)[C@H](CC)NC(=O)[C@H](C)NC[C@H](Cc1ccsc1)NC(=O)c1cc(C(=O)N[C@H](C)c2ccccc2)cc(N(C)S(C)(=O)=O)c1. The maximum absolute atomic E-state index is 13.8. The number of sulfonamides is 1. The first-order chi connectivity index (χ1) is 22.7. The molecular weight excluding hydrogens is 653 g/mol. The highest BCUT2D eigenvalue weighted by molar-refractivity contribution is 7.92. The van der Waals surface area contributed by atoms with Gasteiger partial charge in [-0.05, 0) is 79.8 Å².